The van der Waals surface area contributed by atoms with Crippen LogP contribution in [0.15, 0.2) is 259 Å². The maximum absolute atomic E-state index is 6.57. The Hall–Kier alpha value is -8.44. The van der Waals surface area contributed by atoms with Crippen LogP contribution in [0.25, 0.3) is 88.4 Å². The Morgan fingerprint density at radius 3 is 1.32 bits per heavy atom. The molecule has 13 aromatic rings. The molecule has 3 heterocycles. The van der Waals surface area contributed by atoms with Crippen LogP contribution in [0.1, 0.15) is 0 Å². The minimum atomic E-state index is -2.69. The lowest BCUT2D eigenvalue weighted by Gasteiger charge is -2.34. The summed E-state index contributed by atoms with van der Waals surface area (Å²) in [5, 5.41) is 11.4. The predicted octanol–water partition coefficient (Wildman–Crippen LogP) is 13.3. The highest BCUT2D eigenvalue weighted by Gasteiger charge is 2.41. The third-order valence-corrected chi connectivity index (χ3v) is 18.4. The number of nitrogens with zero attached hydrogens (tertiary/aromatic N) is 2. The van der Waals surface area contributed by atoms with Gasteiger partial charge in [-0.2, -0.15) is 0 Å². The Morgan fingerprint density at radius 2 is 0.727 bits per heavy atom. The SMILES string of the molecule is c1ccc(-n2c3ccccc3c3c4ccccc4n(-c4ccc5oc6ccc(-c7cccc(-c8cccc([Si](c9ccccc9)(c9ccccc9)c9ccccc9)c8)c7)cc6c5c4)c32)cc1. The molecule has 310 valence electrons. The second-order valence-corrected chi connectivity index (χ2v) is 21.1. The number of para-hydroxylation sites is 3. The van der Waals surface area contributed by atoms with E-state index in [4.69, 9.17) is 4.42 Å². The lowest BCUT2D eigenvalue weighted by atomic mass is 9.98. The normalized spacial score (nSPS) is 11.9. The molecular formula is C62H42N2OSi. The van der Waals surface area contributed by atoms with E-state index in [-0.39, 0.29) is 0 Å². The Morgan fingerprint density at radius 1 is 0.288 bits per heavy atom. The molecule has 0 amide bonds. The average Bonchev–Trinajstić information content (AvgIpc) is 4.05. The van der Waals surface area contributed by atoms with Crippen LogP contribution in [0.5, 0.6) is 0 Å². The van der Waals surface area contributed by atoms with E-state index in [1.807, 2.05) is 0 Å². The summed E-state index contributed by atoms with van der Waals surface area (Å²) in [6.07, 6.45) is 0. The molecule has 0 saturated carbocycles. The third kappa shape index (κ3) is 5.89. The van der Waals surface area contributed by atoms with Crippen LogP contribution in [0.2, 0.25) is 0 Å². The molecule has 0 fully saturated rings. The van der Waals surface area contributed by atoms with Crippen molar-refractivity contribution in [1.82, 2.24) is 9.13 Å². The van der Waals surface area contributed by atoms with E-state index in [2.05, 4.69) is 264 Å². The minimum absolute atomic E-state index is 0.871. The van der Waals surface area contributed by atoms with Crippen molar-refractivity contribution in [3.05, 3.63) is 255 Å². The smallest absolute Gasteiger partial charge is 0.179 e. The number of fused-ring (bicyclic) bond motifs is 8. The summed E-state index contributed by atoms with van der Waals surface area (Å²) in [6, 6.07) is 93.3. The van der Waals surface area contributed by atoms with Crippen molar-refractivity contribution in [3.63, 3.8) is 0 Å². The first-order valence-corrected chi connectivity index (χ1v) is 24.7. The number of hydrogen-bond donors (Lipinski definition) is 0. The summed E-state index contributed by atoms with van der Waals surface area (Å²) in [6.45, 7) is 0. The Labute approximate surface area is 383 Å². The molecule has 0 aliphatic rings. The van der Waals surface area contributed by atoms with Gasteiger partial charge < -0.3 is 4.42 Å². The van der Waals surface area contributed by atoms with Crippen LogP contribution in [-0.2, 0) is 0 Å². The molecule has 4 heteroatoms. The third-order valence-electron chi connectivity index (χ3n) is 13.6. The summed E-state index contributed by atoms with van der Waals surface area (Å²) in [5.74, 6) is 0. The van der Waals surface area contributed by atoms with Gasteiger partial charge in [0.25, 0.3) is 0 Å². The largest absolute Gasteiger partial charge is 0.456 e. The number of rotatable bonds is 8. The molecule has 0 aliphatic carbocycles. The summed E-state index contributed by atoms with van der Waals surface area (Å²) >= 11 is 0. The highest BCUT2D eigenvalue weighted by atomic mass is 28.3. The van der Waals surface area contributed by atoms with E-state index >= 15 is 0 Å². The van der Waals surface area contributed by atoms with E-state index in [1.54, 1.807) is 0 Å². The van der Waals surface area contributed by atoms with Gasteiger partial charge in [-0.3, -0.25) is 9.13 Å². The number of furan rings is 1. The topological polar surface area (TPSA) is 23.0 Å². The second-order valence-electron chi connectivity index (χ2n) is 17.2. The van der Waals surface area contributed by atoms with Crippen molar-refractivity contribution >= 4 is 83.6 Å². The first-order valence-electron chi connectivity index (χ1n) is 22.7. The Bertz CT molecular complexity index is 3830. The lowest BCUT2D eigenvalue weighted by Crippen LogP contribution is -2.74. The summed E-state index contributed by atoms with van der Waals surface area (Å²) in [4.78, 5) is 0. The molecule has 10 aromatic carbocycles. The number of benzene rings is 10. The molecule has 0 spiro atoms. The Balaban J connectivity index is 0.949. The highest BCUT2D eigenvalue weighted by Crippen LogP contribution is 2.42. The van der Waals surface area contributed by atoms with E-state index in [9.17, 15) is 0 Å². The molecular weight excluding hydrogens is 817 g/mol. The zero-order valence-electron chi connectivity index (χ0n) is 36.1. The molecule has 3 aromatic heterocycles. The van der Waals surface area contributed by atoms with Gasteiger partial charge in [0.1, 0.15) is 16.8 Å². The second kappa shape index (κ2) is 15.4. The zero-order valence-corrected chi connectivity index (χ0v) is 37.1. The minimum Gasteiger partial charge on any atom is -0.456 e. The van der Waals surface area contributed by atoms with E-state index < -0.39 is 8.07 Å². The first kappa shape index (κ1) is 38.1. The molecule has 0 saturated heterocycles. The van der Waals surface area contributed by atoms with Crippen molar-refractivity contribution in [3.8, 4) is 33.6 Å². The van der Waals surface area contributed by atoms with Gasteiger partial charge in [0, 0.05) is 38.3 Å². The van der Waals surface area contributed by atoms with Gasteiger partial charge in [0.2, 0.25) is 0 Å². The van der Waals surface area contributed by atoms with Crippen LogP contribution in [-0.4, -0.2) is 17.2 Å². The van der Waals surface area contributed by atoms with Crippen LogP contribution < -0.4 is 20.7 Å². The molecule has 0 unspecified atom stereocenters. The van der Waals surface area contributed by atoms with Crippen LogP contribution in [0.4, 0.5) is 0 Å². The number of aromatic nitrogens is 2. The van der Waals surface area contributed by atoms with Gasteiger partial charge in [0.15, 0.2) is 8.07 Å². The fourth-order valence-corrected chi connectivity index (χ4v) is 15.6. The quantitative estimate of drug-likeness (QED) is 0.110. The van der Waals surface area contributed by atoms with Crippen molar-refractivity contribution in [2.75, 3.05) is 0 Å². The van der Waals surface area contributed by atoms with Gasteiger partial charge in [-0.05, 0) is 104 Å². The van der Waals surface area contributed by atoms with Gasteiger partial charge >= 0.3 is 0 Å². The zero-order chi connectivity index (χ0) is 43.6. The molecule has 0 atom stereocenters. The monoisotopic (exact) mass is 858 g/mol. The van der Waals surface area contributed by atoms with Crippen molar-refractivity contribution in [2.45, 2.75) is 0 Å². The molecule has 66 heavy (non-hydrogen) atoms. The summed E-state index contributed by atoms with van der Waals surface area (Å²) in [5.41, 5.74) is 12.2. The van der Waals surface area contributed by atoms with Crippen LogP contribution >= 0.6 is 0 Å². The van der Waals surface area contributed by atoms with Gasteiger partial charge in [-0.15, -0.1) is 0 Å². The van der Waals surface area contributed by atoms with E-state index in [0.29, 0.717) is 0 Å². The van der Waals surface area contributed by atoms with E-state index in [1.165, 1.54) is 59.1 Å². The van der Waals surface area contributed by atoms with Crippen molar-refractivity contribution < 1.29 is 4.42 Å². The Kier molecular flexibility index (Phi) is 8.86. The highest BCUT2D eigenvalue weighted by molar-refractivity contribution is 7.19. The fourth-order valence-electron chi connectivity index (χ4n) is 10.8. The molecule has 0 bridgehead atoms. The first-order chi connectivity index (χ1) is 32.7. The van der Waals surface area contributed by atoms with E-state index in [0.717, 1.165) is 50.1 Å². The maximum Gasteiger partial charge on any atom is 0.179 e. The summed E-state index contributed by atoms with van der Waals surface area (Å²) < 4.78 is 11.4. The fraction of sp³-hybridized carbons (Fsp3) is 0. The maximum atomic E-state index is 6.57. The average molecular weight is 859 g/mol. The molecule has 0 N–H and O–H groups in total. The van der Waals surface area contributed by atoms with Crippen LogP contribution in [0.3, 0.4) is 0 Å². The van der Waals surface area contributed by atoms with Gasteiger partial charge in [0.05, 0.1) is 11.0 Å². The molecule has 3 nitrogen and oxygen atoms in total. The standard InChI is InChI=1S/C62H42N2OSi/c1-5-22-47(23-6-1)63-57-33-15-13-31-53(57)61-54-32-14-16-34-58(54)64(62(61)63)48-36-38-60-56(42-48)55-41-46(35-37-59(55)65-60)44-20-17-19-43(39-44)45-21-18-30-52(40-45)66(49-24-7-2-8-25-49,50-26-9-3-10-27-50)51-28-11-4-12-29-51/h1-42H. The molecule has 0 aliphatic heterocycles. The summed E-state index contributed by atoms with van der Waals surface area (Å²) in [7, 11) is -2.69. The molecule has 13 rings (SSSR count). The van der Waals surface area contributed by atoms with Gasteiger partial charge in [-0.1, -0.05) is 194 Å². The van der Waals surface area contributed by atoms with Crippen LogP contribution in [0, 0.1) is 0 Å². The predicted molar refractivity (Wildman–Crippen MR) is 279 cm³/mol. The number of hydrogen-bond acceptors (Lipinski definition) is 1. The molecule has 0 radical (unpaired) electrons. The lowest BCUT2D eigenvalue weighted by molar-refractivity contribution is 0.669. The van der Waals surface area contributed by atoms with Crippen molar-refractivity contribution in [2.24, 2.45) is 0 Å². The van der Waals surface area contributed by atoms with Gasteiger partial charge in [-0.25, -0.2) is 0 Å². The van der Waals surface area contributed by atoms with Crippen molar-refractivity contribution in [1.29, 1.82) is 0 Å².